The number of hydrogen-bond donors (Lipinski definition) is 0. The third-order valence-corrected chi connectivity index (χ3v) is 10.1. The second-order valence-electron chi connectivity index (χ2n) is 13.3. The molecule has 8 aromatic carbocycles. The van der Waals surface area contributed by atoms with Crippen molar-refractivity contribution in [3.05, 3.63) is 194 Å². The summed E-state index contributed by atoms with van der Waals surface area (Å²) >= 11 is 0. The number of aromatic nitrogens is 4. The first-order chi connectivity index (χ1) is 26.2. The first-order valence-electron chi connectivity index (χ1n) is 17.9. The average Bonchev–Trinajstić information content (AvgIpc) is 3.58. The first-order valence-corrected chi connectivity index (χ1v) is 17.9. The predicted molar refractivity (Wildman–Crippen MR) is 219 cm³/mol. The number of nitrogens with zero attached hydrogens (tertiary/aromatic N) is 4. The minimum absolute atomic E-state index is 0.651. The number of fused-ring (bicyclic) bond motifs is 4. The Balaban J connectivity index is 0.935. The van der Waals surface area contributed by atoms with E-state index in [2.05, 4.69) is 138 Å². The van der Waals surface area contributed by atoms with Gasteiger partial charge in [-0.05, 0) is 69.4 Å². The Kier molecular flexibility index (Phi) is 7.43. The van der Waals surface area contributed by atoms with Crippen LogP contribution in [0.1, 0.15) is 0 Å². The van der Waals surface area contributed by atoms with Crippen LogP contribution < -0.4 is 0 Å². The van der Waals surface area contributed by atoms with Gasteiger partial charge in [0.1, 0.15) is 0 Å². The fraction of sp³-hybridized carbons (Fsp3) is 0. The molecule has 248 valence electrons. The van der Waals surface area contributed by atoms with Crippen molar-refractivity contribution in [3.8, 4) is 62.1 Å². The highest BCUT2D eigenvalue weighted by Crippen LogP contribution is 2.34. The van der Waals surface area contributed by atoms with E-state index in [1.807, 2.05) is 60.7 Å². The number of hydrogen-bond acceptors (Lipinski definition) is 3. The van der Waals surface area contributed by atoms with Gasteiger partial charge in [0.25, 0.3) is 0 Å². The van der Waals surface area contributed by atoms with Crippen LogP contribution >= 0.6 is 0 Å². The zero-order valence-electron chi connectivity index (χ0n) is 28.8. The van der Waals surface area contributed by atoms with Gasteiger partial charge in [0, 0.05) is 33.2 Å². The number of rotatable bonds is 6. The summed E-state index contributed by atoms with van der Waals surface area (Å²) in [6, 6.07) is 68.3. The maximum absolute atomic E-state index is 4.89. The van der Waals surface area contributed by atoms with Crippen LogP contribution in [0.5, 0.6) is 0 Å². The van der Waals surface area contributed by atoms with Gasteiger partial charge >= 0.3 is 0 Å². The highest BCUT2D eigenvalue weighted by Gasteiger charge is 2.14. The van der Waals surface area contributed by atoms with E-state index in [0.717, 1.165) is 33.5 Å². The molecular formula is C49H32N4. The van der Waals surface area contributed by atoms with Crippen molar-refractivity contribution in [2.75, 3.05) is 0 Å². The molecular weight excluding hydrogens is 645 g/mol. The second kappa shape index (κ2) is 12.9. The lowest BCUT2D eigenvalue weighted by Crippen LogP contribution is -2.00. The highest BCUT2D eigenvalue weighted by atomic mass is 15.0. The molecule has 0 unspecified atom stereocenters. The summed E-state index contributed by atoms with van der Waals surface area (Å²) in [5.74, 6) is 1.97. The Hall–Kier alpha value is -7.17. The maximum atomic E-state index is 4.89. The van der Waals surface area contributed by atoms with Crippen LogP contribution in [0.4, 0.5) is 0 Å². The van der Waals surface area contributed by atoms with Gasteiger partial charge in [-0.3, -0.25) is 0 Å². The molecule has 0 aliphatic carbocycles. The quantitative estimate of drug-likeness (QED) is 0.176. The smallest absolute Gasteiger partial charge is 0.164 e. The summed E-state index contributed by atoms with van der Waals surface area (Å²) in [6.07, 6.45) is 0. The Morgan fingerprint density at radius 2 is 0.642 bits per heavy atom. The van der Waals surface area contributed by atoms with Gasteiger partial charge in [-0.1, -0.05) is 158 Å². The van der Waals surface area contributed by atoms with Crippen LogP contribution in [0.25, 0.3) is 94.7 Å². The normalized spacial score (nSPS) is 11.4. The Labute approximate surface area is 307 Å². The van der Waals surface area contributed by atoms with E-state index in [9.17, 15) is 0 Å². The molecule has 0 aliphatic rings. The predicted octanol–water partition coefficient (Wildman–Crippen LogP) is 12.5. The van der Waals surface area contributed by atoms with E-state index in [-0.39, 0.29) is 0 Å². The SMILES string of the molecule is c1ccc(-c2nc(-c3ccccc3)nc(-c3ccc(-c4ccc5cc(-c6ccc(-n7c8ccccc8c8ccccc87)cc6)ccc5c4)cc3)n2)cc1. The molecule has 0 saturated heterocycles. The third-order valence-electron chi connectivity index (χ3n) is 10.1. The molecule has 0 bridgehead atoms. The van der Waals surface area contributed by atoms with E-state index in [4.69, 9.17) is 15.0 Å². The van der Waals surface area contributed by atoms with E-state index in [0.29, 0.717) is 17.5 Å². The zero-order chi connectivity index (χ0) is 35.1. The fourth-order valence-electron chi connectivity index (χ4n) is 7.36. The van der Waals surface area contributed by atoms with Crippen LogP contribution in [0.2, 0.25) is 0 Å². The molecule has 10 rings (SSSR count). The van der Waals surface area contributed by atoms with Gasteiger partial charge in [0.15, 0.2) is 17.5 Å². The molecule has 0 aliphatic heterocycles. The summed E-state index contributed by atoms with van der Waals surface area (Å²) in [4.78, 5) is 14.6. The molecule has 2 heterocycles. The van der Waals surface area contributed by atoms with Crippen molar-refractivity contribution in [1.82, 2.24) is 19.5 Å². The molecule has 4 nitrogen and oxygen atoms in total. The van der Waals surface area contributed by atoms with Gasteiger partial charge in [0.05, 0.1) is 11.0 Å². The van der Waals surface area contributed by atoms with Crippen molar-refractivity contribution in [1.29, 1.82) is 0 Å². The molecule has 2 aromatic heterocycles. The zero-order valence-corrected chi connectivity index (χ0v) is 28.8. The van der Waals surface area contributed by atoms with Crippen LogP contribution in [0, 0.1) is 0 Å². The Morgan fingerprint density at radius 1 is 0.283 bits per heavy atom. The fourth-order valence-corrected chi connectivity index (χ4v) is 7.36. The van der Waals surface area contributed by atoms with Crippen LogP contribution in [-0.4, -0.2) is 19.5 Å². The minimum atomic E-state index is 0.651. The largest absolute Gasteiger partial charge is 0.309 e. The van der Waals surface area contributed by atoms with Crippen LogP contribution in [-0.2, 0) is 0 Å². The lowest BCUT2D eigenvalue weighted by molar-refractivity contribution is 1.07. The minimum Gasteiger partial charge on any atom is -0.309 e. The molecule has 0 amide bonds. The van der Waals surface area contributed by atoms with Gasteiger partial charge in [0.2, 0.25) is 0 Å². The highest BCUT2D eigenvalue weighted by molar-refractivity contribution is 6.09. The summed E-state index contributed by atoms with van der Waals surface area (Å²) in [6.45, 7) is 0. The molecule has 0 N–H and O–H groups in total. The second-order valence-corrected chi connectivity index (χ2v) is 13.3. The van der Waals surface area contributed by atoms with Crippen molar-refractivity contribution in [2.45, 2.75) is 0 Å². The Morgan fingerprint density at radius 3 is 1.11 bits per heavy atom. The number of benzene rings is 8. The average molecular weight is 677 g/mol. The third kappa shape index (κ3) is 5.63. The van der Waals surface area contributed by atoms with Gasteiger partial charge in [-0.2, -0.15) is 0 Å². The standard InChI is InChI=1S/C49H32N4/c1-3-11-35(12-4-1)47-50-48(36-13-5-2-6-14-36)52-49(51-47)37-21-19-33(20-22-37)38-23-25-41-32-39(24-26-40(41)31-38)34-27-29-42(30-28-34)53-45-17-9-7-15-43(45)44-16-8-10-18-46(44)53/h1-32H. The van der Waals surface area contributed by atoms with Crippen molar-refractivity contribution in [2.24, 2.45) is 0 Å². The van der Waals surface area contributed by atoms with Gasteiger partial charge in [-0.15, -0.1) is 0 Å². The maximum Gasteiger partial charge on any atom is 0.164 e. The molecule has 53 heavy (non-hydrogen) atoms. The van der Waals surface area contributed by atoms with Crippen LogP contribution in [0.3, 0.4) is 0 Å². The van der Waals surface area contributed by atoms with Gasteiger partial charge in [-0.25, -0.2) is 15.0 Å². The van der Waals surface area contributed by atoms with E-state index < -0.39 is 0 Å². The van der Waals surface area contributed by atoms with Crippen LogP contribution in [0.15, 0.2) is 194 Å². The molecule has 0 saturated carbocycles. The number of para-hydroxylation sites is 2. The summed E-state index contributed by atoms with van der Waals surface area (Å²) in [7, 11) is 0. The molecule has 0 atom stereocenters. The topological polar surface area (TPSA) is 43.6 Å². The molecule has 0 radical (unpaired) electrons. The summed E-state index contributed by atoms with van der Waals surface area (Å²) < 4.78 is 2.36. The van der Waals surface area contributed by atoms with E-state index in [1.54, 1.807) is 0 Å². The van der Waals surface area contributed by atoms with Crippen molar-refractivity contribution >= 4 is 32.6 Å². The van der Waals surface area contributed by atoms with E-state index in [1.165, 1.54) is 43.7 Å². The molecule has 0 spiro atoms. The monoisotopic (exact) mass is 676 g/mol. The molecule has 0 fully saturated rings. The first kappa shape index (κ1) is 30.6. The van der Waals surface area contributed by atoms with Gasteiger partial charge < -0.3 is 4.57 Å². The molecule has 4 heteroatoms. The van der Waals surface area contributed by atoms with E-state index >= 15 is 0 Å². The summed E-state index contributed by atoms with van der Waals surface area (Å²) in [5, 5.41) is 4.96. The lowest BCUT2D eigenvalue weighted by atomic mass is 9.97. The summed E-state index contributed by atoms with van der Waals surface area (Å²) in [5.41, 5.74) is 11.2. The lowest BCUT2D eigenvalue weighted by Gasteiger charge is -2.11. The van der Waals surface area contributed by atoms with Crippen molar-refractivity contribution in [3.63, 3.8) is 0 Å². The van der Waals surface area contributed by atoms with Crippen molar-refractivity contribution < 1.29 is 0 Å². The Bertz CT molecular complexity index is 2800. The molecule has 10 aromatic rings.